The Morgan fingerprint density at radius 2 is 2.18 bits per heavy atom. The van der Waals surface area contributed by atoms with E-state index in [0.717, 1.165) is 0 Å². The normalized spacial score (nSPS) is 10.0. The van der Waals surface area contributed by atoms with E-state index in [1.165, 1.54) is 12.2 Å². The number of hydrogen-bond donors (Lipinski definition) is 1. The van der Waals surface area contributed by atoms with E-state index < -0.39 is 6.16 Å². The molecule has 0 bridgehead atoms. The van der Waals surface area contributed by atoms with Crippen molar-refractivity contribution in [2.75, 3.05) is 19.8 Å². The molecule has 4 nitrogen and oxygen atoms in total. The summed E-state index contributed by atoms with van der Waals surface area (Å²) in [6, 6.07) is 0. The number of carbonyl (C=O) groups excluding carboxylic acids is 1. The molecular formula is C7H12O4. The summed E-state index contributed by atoms with van der Waals surface area (Å²) in [5.74, 6) is 0. The Morgan fingerprint density at radius 1 is 1.45 bits per heavy atom. The number of carbonyl (C=O) groups is 1. The fraction of sp³-hybridized carbons (Fsp3) is 0.571. The molecule has 0 atom stereocenters. The van der Waals surface area contributed by atoms with Gasteiger partial charge >= 0.3 is 6.16 Å². The number of rotatable bonds is 4. The molecule has 0 unspecified atom stereocenters. The Balaban J connectivity index is 3.24. The Bertz CT molecular complexity index is 130. The van der Waals surface area contributed by atoms with Crippen LogP contribution in [0.4, 0.5) is 4.79 Å². The first-order chi connectivity index (χ1) is 5.31. The van der Waals surface area contributed by atoms with Crippen molar-refractivity contribution in [1.82, 2.24) is 0 Å². The molecule has 0 saturated heterocycles. The van der Waals surface area contributed by atoms with Gasteiger partial charge in [0.1, 0.15) is 6.61 Å². The standard InChI is InChI=1S/C7H12O4/c1-2-10-7(9)11-6-4-3-5-8/h3-4,8H,2,5-6H2,1H3. The van der Waals surface area contributed by atoms with Crippen LogP contribution in [0.3, 0.4) is 0 Å². The van der Waals surface area contributed by atoms with E-state index in [9.17, 15) is 4.79 Å². The van der Waals surface area contributed by atoms with Gasteiger partial charge in [0.15, 0.2) is 0 Å². The van der Waals surface area contributed by atoms with E-state index in [-0.39, 0.29) is 13.2 Å². The fourth-order valence-electron chi connectivity index (χ4n) is 0.418. The molecule has 1 N–H and O–H groups in total. The molecule has 0 aromatic rings. The van der Waals surface area contributed by atoms with Gasteiger partial charge in [0.2, 0.25) is 0 Å². The first kappa shape index (κ1) is 9.97. The molecule has 0 heterocycles. The lowest BCUT2D eigenvalue weighted by Crippen LogP contribution is -2.06. The third kappa shape index (κ3) is 6.86. The maximum Gasteiger partial charge on any atom is 0.508 e. The maximum absolute atomic E-state index is 10.5. The van der Waals surface area contributed by atoms with Crippen LogP contribution in [0, 0.1) is 0 Å². The van der Waals surface area contributed by atoms with E-state index >= 15 is 0 Å². The summed E-state index contributed by atoms with van der Waals surface area (Å²) in [4.78, 5) is 10.5. The zero-order valence-corrected chi connectivity index (χ0v) is 6.45. The first-order valence-corrected chi connectivity index (χ1v) is 3.36. The molecule has 0 aliphatic heterocycles. The quantitative estimate of drug-likeness (QED) is 0.486. The number of ether oxygens (including phenoxy) is 2. The summed E-state index contributed by atoms with van der Waals surface area (Å²) in [6.45, 7) is 2.10. The molecule has 0 rings (SSSR count). The van der Waals surface area contributed by atoms with Crippen LogP contribution in [0.2, 0.25) is 0 Å². The van der Waals surface area contributed by atoms with Gasteiger partial charge < -0.3 is 14.6 Å². The highest BCUT2D eigenvalue weighted by molar-refractivity contribution is 5.59. The van der Waals surface area contributed by atoms with Gasteiger partial charge in [0.05, 0.1) is 13.2 Å². The third-order valence-corrected chi connectivity index (χ3v) is 0.832. The van der Waals surface area contributed by atoms with E-state index in [1.54, 1.807) is 6.92 Å². The highest BCUT2D eigenvalue weighted by Crippen LogP contribution is 1.84. The summed E-state index contributed by atoms with van der Waals surface area (Å²) in [5, 5.41) is 8.28. The van der Waals surface area contributed by atoms with E-state index in [0.29, 0.717) is 6.61 Å². The largest absolute Gasteiger partial charge is 0.508 e. The van der Waals surface area contributed by atoms with Crippen LogP contribution in [-0.4, -0.2) is 31.1 Å². The van der Waals surface area contributed by atoms with E-state index in [1.807, 2.05) is 0 Å². The molecule has 0 spiro atoms. The Hall–Kier alpha value is -1.03. The van der Waals surface area contributed by atoms with Crippen molar-refractivity contribution in [2.45, 2.75) is 6.92 Å². The topological polar surface area (TPSA) is 55.8 Å². The van der Waals surface area contributed by atoms with Crippen LogP contribution in [0.5, 0.6) is 0 Å². The highest BCUT2D eigenvalue weighted by Gasteiger charge is 1.97. The van der Waals surface area contributed by atoms with Crippen molar-refractivity contribution in [3.8, 4) is 0 Å². The molecule has 0 saturated carbocycles. The lowest BCUT2D eigenvalue weighted by Gasteiger charge is -1.99. The molecule has 0 fully saturated rings. The lowest BCUT2D eigenvalue weighted by molar-refractivity contribution is 0.0672. The lowest BCUT2D eigenvalue weighted by atomic mass is 10.5. The number of aliphatic hydroxyl groups excluding tert-OH is 1. The van der Waals surface area contributed by atoms with Gasteiger partial charge in [-0.3, -0.25) is 0 Å². The van der Waals surface area contributed by atoms with Crippen LogP contribution in [-0.2, 0) is 9.47 Å². The minimum absolute atomic E-state index is 0.0494. The summed E-state index contributed by atoms with van der Waals surface area (Å²) in [5.41, 5.74) is 0. The van der Waals surface area contributed by atoms with Crippen molar-refractivity contribution < 1.29 is 19.4 Å². The molecular weight excluding hydrogens is 148 g/mol. The minimum Gasteiger partial charge on any atom is -0.435 e. The summed E-state index contributed by atoms with van der Waals surface area (Å²) >= 11 is 0. The smallest absolute Gasteiger partial charge is 0.435 e. The Morgan fingerprint density at radius 3 is 2.73 bits per heavy atom. The Kier molecular flexibility index (Phi) is 6.42. The first-order valence-electron chi connectivity index (χ1n) is 3.36. The second-order valence-electron chi connectivity index (χ2n) is 1.65. The average Bonchev–Trinajstić information content (AvgIpc) is 1.99. The molecule has 0 aromatic carbocycles. The van der Waals surface area contributed by atoms with Crippen LogP contribution in [0.25, 0.3) is 0 Å². The van der Waals surface area contributed by atoms with Gasteiger partial charge in [-0.1, -0.05) is 6.08 Å². The molecule has 0 aliphatic carbocycles. The molecule has 0 radical (unpaired) electrons. The molecule has 0 aromatic heterocycles. The SMILES string of the molecule is CCOC(=O)OCC=CCO. The Labute approximate surface area is 65.4 Å². The van der Waals surface area contributed by atoms with Gasteiger partial charge in [0, 0.05) is 0 Å². The maximum atomic E-state index is 10.5. The zero-order valence-electron chi connectivity index (χ0n) is 6.45. The zero-order chi connectivity index (χ0) is 8.53. The number of aliphatic hydroxyl groups is 1. The molecule has 4 heteroatoms. The highest BCUT2D eigenvalue weighted by atomic mass is 16.7. The third-order valence-electron chi connectivity index (χ3n) is 0.832. The predicted octanol–water partition coefficient (Wildman–Crippen LogP) is 0.708. The van der Waals surface area contributed by atoms with Gasteiger partial charge in [-0.15, -0.1) is 0 Å². The summed E-state index contributed by atoms with van der Waals surface area (Å²) in [6.07, 6.45) is 2.34. The van der Waals surface area contributed by atoms with Gasteiger partial charge in [-0.05, 0) is 13.0 Å². The predicted molar refractivity (Wildman–Crippen MR) is 39.2 cm³/mol. The summed E-state index contributed by atoms with van der Waals surface area (Å²) < 4.78 is 8.99. The fourth-order valence-corrected chi connectivity index (χ4v) is 0.418. The van der Waals surface area contributed by atoms with Crippen LogP contribution < -0.4 is 0 Å². The van der Waals surface area contributed by atoms with Crippen molar-refractivity contribution >= 4 is 6.16 Å². The molecule has 0 aliphatic rings. The average molecular weight is 160 g/mol. The monoisotopic (exact) mass is 160 g/mol. The molecule has 11 heavy (non-hydrogen) atoms. The molecule has 0 amide bonds. The van der Waals surface area contributed by atoms with Gasteiger partial charge in [-0.2, -0.15) is 0 Å². The van der Waals surface area contributed by atoms with E-state index in [4.69, 9.17) is 5.11 Å². The van der Waals surface area contributed by atoms with Crippen LogP contribution >= 0.6 is 0 Å². The van der Waals surface area contributed by atoms with Crippen molar-refractivity contribution in [3.05, 3.63) is 12.2 Å². The van der Waals surface area contributed by atoms with Gasteiger partial charge in [-0.25, -0.2) is 4.79 Å². The second kappa shape index (κ2) is 7.08. The minimum atomic E-state index is -0.685. The van der Waals surface area contributed by atoms with E-state index in [2.05, 4.69) is 9.47 Å². The summed E-state index contributed by atoms with van der Waals surface area (Å²) in [7, 11) is 0. The second-order valence-corrected chi connectivity index (χ2v) is 1.65. The van der Waals surface area contributed by atoms with Gasteiger partial charge in [0.25, 0.3) is 0 Å². The number of hydrogen-bond acceptors (Lipinski definition) is 4. The van der Waals surface area contributed by atoms with Crippen molar-refractivity contribution in [2.24, 2.45) is 0 Å². The van der Waals surface area contributed by atoms with Crippen LogP contribution in [0.1, 0.15) is 6.92 Å². The van der Waals surface area contributed by atoms with Crippen LogP contribution in [0.15, 0.2) is 12.2 Å². The van der Waals surface area contributed by atoms with Crippen molar-refractivity contribution in [3.63, 3.8) is 0 Å². The molecule has 64 valence electrons. The van der Waals surface area contributed by atoms with Crippen molar-refractivity contribution in [1.29, 1.82) is 0 Å².